The Bertz CT molecular complexity index is 715. The minimum atomic E-state index is -2.20. The highest BCUT2D eigenvalue weighted by atomic mass is 35.5. The number of aryl methyl sites for hydroxylation is 1. The molecule has 1 aliphatic heterocycles. The summed E-state index contributed by atoms with van der Waals surface area (Å²) in [5.41, 5.74) is 8.73. The Kier molecular flexibility index (Phi) is 8.16. The van der Waals surface area contributed by atoms with Crippen molar-refractivity contribution < 1.29 is 19.5 Å². The molecule has 0 unspecified atom stereocenters. The van der Waals surface area contributed by atoms with Gasteiger partial charge >= 0.3 is 0 Å². The first-order chi connectivity index (χ1) is 12.7. The zero-order valence-electron chi connectivity index (χ0n) is 16.4. The van der Waals surface area contributed by atoms with Crippen LogP contribution in [0.2, 0.25) is 0 Å². The highest BCUT2D eigenvalue weighted by Gasteiger charge is 2.59. The number of likely N-dealkylation sites (tertiary alicyclic amines) is 1. The van der Waals surface area contributed by atoms with Gasteiger partial charge in [-0.3, -0.25) is 14.4 Å². The monoisotopic (exact) mass is 411 g/mol. The minimum Gasteiger partial charge on any atom is -0.369 e. The first kappa shape index (κ1) is 24.1. The van der Waals surface area contributed by atoms with Crippen LogP contribution >= 0.6 is 12.4 Å². The molecule has 5 N–H and O–H groups in total. The number of benzene rings is 1. The summed E-state index contributed by atoms with van der Waals surface area (Å²) < 4.78 is 0. The molecule has 1 aromatic carbocycles. The predicted molar refractivity (Wildman–Crippen MR) is 108 cm³/mol. The van der Waals surface area contributed by atoms with Gasteiger partial charge in [-0.05, 0) is 38.2 Å². The number of primary amides is 1. The first-order valence-electron chi connectivity index (χ1n) is 9.35. The molecule has 28 heavy (non-hydrogen) atoms. The Morgan fingerprint density at radius 2 is 1.89 bits per heavy atom. The molecule has 0 bridgehead atoms. The van der Waals surface area contributed by atoms with Crippen LogP contribution in [0.25, 0.3) is 0 Å². The number of aliphatic hydroxyl groups is 1. The van der Waals surface area contributed by atoms with E-state index in [1.54, 1.807) is 6.92 Å². The largest absolute Gasteiger partial charge is 0.369 e. The summed E-state index contributed by atoms with van der Waals surface area (Å²) in [5, 5.41) is 11.1. The Hall–Kier alpha value is -1.96. The number of nitrogens with two attached hydrogens (primary N) is 2. The van der Waals surface area contributed by atoms with Crippen molar-refractivity contribution >= 4 is 30.0 Å². The molecule has 0 aromatic heterocycles. The van der Waals surface area contributed by atoms with E-state index in [9.17, 15) is 19.5 Å². The number of carbonyl (C=O) groups is 3. The Balaban J connectivity index is 0.00000392. The summed E-state index contributed by atoms with van der Waals surface area (Å²) in [4.78, 5) is 38.8. The van der Waals surface area contributed by atoms with E-state index in [0.29, 0.717) is 12.8 Å². The van der Waals surface area contributed by atoms with E-state index in [4.69, 9.17) is 11.5 Å². The second kappa shape index (κ2) is 9.49. The molecule has 0 aliphatic carbocycles. The van der Waals surface area contributed by atoms with Crippen molar-refractivity contribution in [2.45, 2.75) is 57.7 Å². The smallest absolute Gasteiger partial charge is 0.231 e. The maximum atomic E-state index is 13.1. The van der Waals surface area contributed by atoms with Crippen molar-refractivity contribution in [3.63, 3.8) is 0 Å². The molecule has 2 amide bonds. The molecular weight excluding hydrogens is 382 g/mol. The molecule has 7 nitrogen and oxygen atoms in total. The molecule has 0 spiro atoms. The van der Waals surface area contributed by atoms with Crippen LogP contribution in [0.1, 0.15) is 45.1 Å². The topological polar surface area (TPSA) is 127 Å². The number of hydrogen-bond acceptors (Lipinski definition) is 5. The van der Waals surface area contributed by atoms with Gasteiger partial charge in [-0.1, -0.05) is 37.3 Å². The maximum Gasteiger partial charge on any atom is 0.231 e. The van der Waals surface area contributed by atoms with E-state index < -0.39 is 28.9 Å². The van der Waals surface area contributed by atoms with Crippen molar-refractivity contribution in [3.05, 3.63) is 35.9 Å². The third-order valence-electron chi connectivity index (χ3n) is 5.68. The van der Waals surface area contributed by atoms with Crippen LogP contribution in [0.5, 0.6) is 0 Å². The average molecular weight is 412 g/mol. The summed E-state index contributed by atoms with van der Waals surface area (Å²) >= 11 is 0. The lowest BCUT2D eigenvalue weighted by Crippen LogP contribution is -2.66. The molecular formula is C20H30ClN3O4. The first-order valence-corrected chi connectivity index (χ1v) is 9.35. The molecule has 1 aromatic rings. The minimum absolute atomic E-state index is 0. The molecule has 1 heterocycles. The quantitative estimate of drug-likeness (QED) is 0.553. The highest BCUT2D eigenvalue weighted by molar-refractivity contribution is 6.10. The third kappa shape index (κ3) is 4.37. The second-order valence-electron chi connectivity index (χ2n) is 7.38. The number of Topliss-reactive ketones (excluding diaryl/α,β-unsaturated/α-hetero) is 1. The van der Waals surface area contributed by atoms with Gasteiger partial charge in [-0.2, -0.15) is 0 Å². The summed E-state index contributed by atoms with van der Waals surface area (Å²) in [6, 6.07) is 8.81. The summed E-state index contributed by atoms with van der Waals surface area (Å²) in [7, 11) is 0. The number of halogens is 1. The van der Waals surface area contributed by atoms with Crippen LogP contribution in [0, 0.1) is 5.41 Å². The van der Waals surface area contributed by atoms with E-state index in [1.807, 2.05) is 30.3 Å². The van der Waals surface area contributed by atoms with Crippen molar-refractivity contribution in [2.24, 2.45) is 16.9 Å². The average Bonchev–Trinajstić information content (AvgIpc) is 2.97. The zero-order valence-corrected chi connectivity index (χ0v) is 17.2. The van der Waals surface area contributed by atoms with Crippen molar-refractivity contribution in [3.8, 4) is 0 Å². The fraction of sp³-hybridized carbons (Fsp3) is 0.550. The van der Waals surface area contributed by atoms with Crippen LogP contribution in [-0.2, 0) is 20.8 Å². The molecule has 2 rings (SSSR count). The van der Waals surface area contributed by atoms with E-state index in [2.05, 4.69) is 0 Å². The van der Waals surface area contributed by atoms with Crippen LogP contribution < -0.4 is 11.5 Å². The number of amides is 2. The lowest BCUT2D eigenvalue weighted by molar-refractivity contribution is -0.177. The fourth-order valence-corrected chi connectivity index (χ4v) is 3.52. The molecule has 1 aliphatic rings. The van der Waals surface area contributed by atoms with E-state index >= 15 is 0 Å². The van der Waals surface area contributed by atoms with Gasteiger partial charge in [0, 0.05) is 13.0 Å². The Labute approximate surface area is 171 Å². The van der Waals surface area contributed by atoms with E-state index in [0.717, 1.165) is 10.5 Å². The van der Waals surface area contributed by atoms with Crippen LogP contribution in [0.4, 0.5) is 0 Å². The summed E-state index contributed by atoms with van der Waals surface area (Å²) in [6.07, 6.45) is 1.88. The molecule has 0 radical (unpaired) electrons. The molecule has 0 saturated carbocycles. The summed E-state index contributed by atoms with van der Waals surface area (Å²) in [5.74, 6) is -1.98. The van der Waals surface area contributed by atoms with Gasteiger partial charge in [0.15, 0.2) is 0 Å². The van der Waals surface area contributed by atoms with E-state index in [-0.39, 0.29) is 44.1 Å². The maximum absolute atomic E-state index is 13.1. The van der Waals surface area contributed by atoms with Gasteiger partial charge in [0.1, 0.15) is 5.41 Å². The van der Waals surface area contributed by atoms with Gasteiger partial charge in [-0.15, -0.1) is 12.4 Å². The highest BCUT2D eigenvalue weighted by Crippen LogP contribution is 2.36. The number of nitrogens with zero attached hydrogens (tertiary/aromatic N) is 1. The standard InChI is InChI=1S/C20H29N3O4.ClH/c1-3-19(2,18(22)26)17(25)20(27)15(21)12-13-23(20)16(24)11-7-10-14-8-5-4-6-9-14;/h4-6,8-9,15,27H,3,7,10-13,21H2,1-2H3,(H2,22,26);1H/t15-,19-,20-;/m0./s1. The molecule has 8 heteroatoms. The number of carbonyl (C=O) groups excluding carboxylic acids is 3. The van der Waals surface area contributed by atoms with Gasteiger partial charge in [-0.25, -0.2) is 0 Å². The van der Waals surface area contributed by atoms with Crippen molar-refractivity contribution in [1.82, 2.24) is 4.90 Å². The number of rotatable bonds is 8. The lowest BCUT2D eigenvalue weighted by Gasteiger charge is -2.39. The van der Waals surface area contributed by atoms with Gasteiger partial charge in [0.25, 0.3) is 0 Å². The zero-order chi connectivity index (χ0) is 20.2. The van der Waals surface area contributed by atoms with Crippen molar-refractivity contribution in [2.75, 3.05) is 6.54 Å². The van der Waals surface area contributed by atoms with Crippen LogP contribution in [0.3, 0.4) is 0 Å². The molecule has 1 saturated heterocycles. The summed E-state index contributed by atoms with van der Waals surface area (Å²) in [6.45, 7) is 3.20. The van der Waals surface area contributed by atoms with Gasteiger partial charge in [0.05, 0.1) is 6.04 Å². The second-order valence-corrected chi connectivity index (χ2v) is 7.38. The van der Waals surface area contributed by atoms with Gasteiger partial charge in [0.2, 0.25) is 23.3 Å². The molecule has 156 valence electrons. The number of ketones is 1. The SMILES string of the molecule is CC[C@](C)(C(N)=O)C(=O)[C@@]1(O)[C@@H](N)CCN1C(=O)CCCc1ccccc1.Cl. The number of hydrogen-bond donors (Lipinski definition) is 3. The molecule has 3 atom stereocenters. The Morgan fingerprint density at radius 1 is 1.29 bits per heavy atom. The lowest BCUT2D eigenvalue weighted by atomic mass is 9.75. The van der Waals surface area contributed by atoms with Crippen LogP contribution in [0.15, 0.2) is 30.3 Å². The Morgan fingerprint density at radius 3 is 2.43 bits per heavy atom. The fourth-order valence-electron chi connectivity index (χ4n) is 3.52. The van der Waals surface area contributed by atoms with Gasteiger partial charge < -0.3 is 21.5 Å². The molecule has 1 fully saturated rings. The third-order valence-corrected chi connectivity index (χ3v) is 5.68. The van der Waals surface area contributed by atoms with Crippen LogP contribution in [-0.4, -0.2) is 45.9 Å². The van der Waals surface area contributed by atoms with Crippen molar-refractivity contribution in [1.29, 1.82) is 0 Å². The van der Waals surface area contributed by atoms with E-state index in [1.165, 1.54) is 6.92 Å². The predicted octanol–water partition coefficient (Wildman–Crippen LogP) is 1.15. The normalized spacial score (nSPS) is 23.6.